The van der Waals surface area contributed by atoms with Gasteiger partial charge in [0.2, 0.25) is 5.91 Å². The van der Waals surface area contributed by atoms with Crippen molar-refractivity contribution in [3.05, 3.63) is 77.7 Å². The molecule has 4 aromatic rings. The van der Waals surface area contributed by atoms with Crippen LogP contribution in [-0.2, 0) is 27.6 Å². The van der Waals surface area contributed by atoms with Gasteiger partial charge in [-0.25, -0.2) is 13.4 Å². The van der Waals surface area contributed by atoms with Crippen LogP contribution < -0.4 is 4.90 Å². The van der Waals surface area contributed by atoms with Crippen molar-refractivity contribution in [3.63, 3.8) is 0 Å². The second-order valence-electron chi connectivity index (χ2n) is 7.95. The Kier molecular flexibility index (Phi) is 6.95. The lowest BCUT2D eigenvalue weighted by Crippen LogP contribution is -2.30. The Labute approximate surface area is 197 Å². The zero-order valence-electron chi connectivity index (χ0n) is 18.7. The van der Waals surface area contributed by atoms with E-state index in [1.54, 1.807) is 41.5 Å². The molecule has 0 fully saturated rings. The molecule has 1 amide bonds. The average Bonchev–Trinajstić information content (AvgIpc) is 3.46. The van der Waals surface area contributed by atoms with Gasteiger partial charge in [-0.15, -0.1) is 0 Å². The molecule has 0 aliphatic heterocycles. The van der Waals surface area contributed by atoms with Gasteiger partial charge in [-0.1, -0.05) is 42.0 Å². The minimum absolute atomic E-state index is 0.0872. The first-order chi connectivity index (χ1) is 15.9. The highest BCUT2D eigenvalue weighted by atomic mass is 32.2. The molecule has 6 nitrogen and oxygen atoms in total. The lowest BCUT2D eigenvalue weighted by molar-refractivity contribution is -0.118. The van der Waals surface area contributed by atoms with Crippen LogP contribution in [-0.4, -0.2) is 25.1 Å². The Balaban J connectivity index is 1.51. The maximum Gasteiger partial charge on any atom is 0.229 e. The van der Waals surface area contributed by atoms with Crippen molar-refractivity contribution in [2.75, 3.05) is 10.7 Å². The van der Waals surface area contributed by atoms with Gasteiger partial charge in [0.05, 0.1) is 33.7 Å². The lowest BCUT2D eigenvalue weighted by atomic mass is 10.2. The van der Waals surface area contributed by atoms with Gasteiger partial charge >= 0.3 is 0 Å². The van der Waals surface area contributed by atoms with E-state index in [2.05, 4.69) is 18.0 Å². The molecular weight excluding hydrogens is 456 g/mol. The van der Waals surface area contributed by atoms with Gasteiger partial charge in [-0.3, -0.25) is 9.69 Å². The summed E-state index contributed by atoms with van der Waals surface area (Å²) in [4.78, 5) is 19.7. The Morgan fingerprint density at radius 3 is 2.61 bits per heavy atom. The van der Waals surface area contributed by atoms with Gasteiger partial charge in [0, 0.05) is 6.42 Å². The van der Waals surface area contributed by atoms with E-state index in [0.29, 0.717) is 10.9 Å². The van der Waals surface area contributed by atoms with Crippen LogP contribution in [0.4, 0.5) is 5.13 Å². The summed E-state index contributed by atoms with van der Waals surface area (Å²) in [5, 5.41) is 0.584. The summed E-state index contributed by atoms with van der Waals surface area (Å²) in [5.41, 5.74) is 3.05. The Morgan fingerprint density at radius 2 is 1.91 bits per heavy atom. The van der Waals surface area contributed by atoms with Crippen LogP contribution in [0.15, 0.2) is 70.2 Å². The first-order valence-electron chi connectivity index (χ1n) is 10.9. The van der Waals surface area contributed by atoms with E-state index in [1.165, 1.54) is 16.9 Å². The largest absolute Gasteiger partial charge is 0.467 e. The number of amides is 1. The Morgan fingerprint density at radius 1 is 1.12 bits per heavy atom. The second-order valence-corrected chi connectivity index (χ2v) is 11.1. The molecule has 33 heavy (non-hydrogen) atoms. The summed E-state index contributed by atoms with van der Waals surface area (Å²) >= 11 is 1.46. The van der Waals surface area contributed by atoms with Crippen LogP contribution in [0.3, 0.4) is 0 Å². The number of aryl methyl sites for hydroxylation is 2. The van der Waals surface area contributed by atoms with Crippen LogP contribution in [0.5, 0.6) is 0 Å². The molecule has 2 heterocycles. The summed E-state index contributed by atoms with van der Waals surface area (Å²) in [5.74, 6) is 0.375. The van der Waals surface area contributed by atoms with Crippen LogP contribution in [0.1, 0.15) is 36.7 Å². The van der Waals surface area contributed by atoms with Crippen molar-refractivity contribution >= 4 is 42.4 Å². The molecule has 0 N–H and O–H groups in total. The molecule has 0 atom stereocenters. The number of hydrogen-bond donors (Lipinski definition) is 0. The summed E-state index contributed by atoms with van der Waals surface area (Å²) in [6.07, 6.45) is 2.82. The number of fused-ring (bicyclic) bond motifs is 1. The first kappa shape index (κ1) is 23.2. The zero-order valence-corrected chi connectivity index (χ0v) is 20.3. The van der Waals surface area contributed by atoms with E-state index in [1.807, 2.05) is 25.1 Å². The van der Waals surface area contributed by atoms with Gasteiger partial charge in [0.25, 0.3) is 0 Å². The van der Waals surface area contributed by atoms with E-state index in [4.69, 9.17) is 4.42 Å². The Bertz CT molecular complexity index is 1340. The molecule has 0 saturated heterocycles. The SMILES string of the molecule is CCc1ccc2nc(N(Cc3ccco3)C(=O)CCCS(=O)(=O)c3ccc(C)cc3)sc2c1. The van der Waals surface area contributed by atoms with E-state index in [0.717, 1.165) is 22.2 Å². The summed E-state index contributed by atoms with van der Waals surface area (Å²) < 4.78 is 31.8. The molecule has 0 radical (unpaired) electrons. The predicted octanol–water partition coefficient (Wildman–Crippen LogP) is 5.55. The smallest absolute Gasteiger partial charge is 0.229 e. The normalized spacial score (nSPS) is 11.7. The standard InChI is InChI=1S/C25H26N2O4S2/c1-3-19-10-13-22-23(16-19)32-25(26-22)27(17-20-6-4-14-31-20)24(28)7-5-15-33(29,30)21-11-8-18(2)9-12-21/h4,6,8-14,16H,3,5,7,15,17H2,1-2H3. The number of aromatic nitrogens is 1. The van der Waals surface area contributed by atoms with Crippen LogP contribution in [0.2, 0.25) is 0 Å². The fraction of sp³-hybridized carbons (Fsp3) is 0.280. The van der Waals surface area contributed by atoms with E-state index < -0.39 is 9.84 Å². The highest BCUT2D eigenvalue weighted by Crippen LogP contribution is 2.31. The summed E-state index contributed by atoms with van der Waals surface area (Å²) in [6, 6.07) is 16.5. The van der Waals surface area contributed by atoms with Gasteiger partial charge in [0.1, 0.15) is 5.76 Å². The number of thiazole rings is 1. The van der Waals surface area contributed by atoms with Gasteiger partial charge < -0.3 is 4.42 Å². The highest BCUT2D eigenvalue weighted by Gasteiger charge is 2.22. The molecule has 2 aromatic carbocycles. The van der Waals surface area contributed by atoms with Gasteiger partial charge in [0.15, 0.2) is 15.0 Å². The molecular formula is C25H26N2O4S2. The van der Waals surface area contributed by atoms with Crippen molar-refractivity contribution in [2.45, 2.75) is 44.6 Å². The number of furan rings is 1. The average molecular weight is 483 g/mol. The molecule has 0 unspecified atom stereocenters. The summed E-state index contributed by atoms with van der Waals surface area (Å²) in [6.45, 7) is 4.26. The number of carbonyl (C=O) groups is 1. The lowest BCUT2D eigenvalue weighted by Gasteiger charge is -2.18. The topological polar surface area (TPSA) is 80.5 Å². The predicted molar refractivity (Wildman–Crippen MR) is 131 cm³/mol. The number of anilines is 1. The molecule has 0 bridgehead atoms. The van der Waals surface area contributed by atoms with Gasteiger partial charge in [-0.2, -0.15) is 0 Å². The third kappa shape index (κ3) is 5.51. The van der Waals surface area contributed by atoms with Crippen LogP contribution >= 0.6 is 11.3 Å². The molecule has 4 rings (SSSR count). The molecule has 2 aromatic heterocycles. The Hall–Kier alpha value is -2.97. The number of hydrogen-bond acceptors (Lipinski definition) is 6. The van der Waals surface area contributed by atoms with Gasteiger partial charge in [-0.05, 0) is 61.7 Å². The minimum atomic E-state index is -3.44. The van der Waals surface area contributed by atoms with Crippen molar-refractivity contribution in [2.24, 2.45) is 0 Å². The maximum absolute atomic E-state index is 13.2. The number of sulfone groups is 1. The highest BCUT2D eigenvalue weighted by molar-refractivity contribution is 7.91. The van der Waals surface area contributed by atoms with Crippen LogP contribution in [0.25, 0.3) is 10.2 Å². The summed E-state index contributed by atoms with van der Waals surface area (Å²) in [7, 11) is -3.44. The second kappa shape index (κ2) is 9.89. The third-order valence-corrected chi connectivity index (χ3v) is 8.32. The minimum Gasteiger partial charge on any atom is -0.467 e. The van der Waals surface area contributed by atoms with E-state index in [9.17, 15) is 13.2 Å². The van der Waals surface area contributed by atoms with Crippen LogP contribution in [0, 0.1) is 6.92 Å². The molecule has 0 aliphatic carbocycles. The van der Waals surface area contributed by atoms with Crippen molar-refractivity contribution in [1.29, 1.82) is 0 Å². The quantitative estimate of drug-likeness (QED) is 0.313. The van der Waals surface area contributed by atoms with Crippen molar-refractivity contribution in [3.8, 4) is 0 Å². The monoisotopic (exact) mass is 482 g/mol. The number of rotatable bonds is 9. The molecule has 0 aliphatic rings. The molecule has 0 spiro atoms. The number of carbonyl (C=O) groups excluding carboxylic acids is 1. The molecule has 0 saturated carbocycles. The fourth-order valence-electron chi connectivity index (χ4n) is 3.52. The van der Waals surface area contributed by atoms with E-state index in [-0.39, 0.29) is 35.9 Å². The number of nitrogens with zero attached hydrogens (tertiary/aromatic N) is 2. The molecule has 172 valence electrons. The third-order valence-electron chi connectivity index (χ3n) is 5.46. The van der Waals surface area contributed by atoms with E-state index >= 15 is 0 Å². The van der Waals surface area contributed by atoms with Crippen molar-refractivity contribution in [1.82, 2.24) is 4.98 Å². The maximum atomic E-state index is 13.2. The molecule has 8 heteroatoms. The first-order valence-corrected chi connectivity index (χ1v) is 13.3. The number of benzene rings is 2. The van der Waals surface area contributed by atoms with Crippen molar-refractivity contribution < 1.29 is 17.6 Å². The zero-order chi connectivity index (χ0) is 23.4. The fourth-order valence-corrected chi connectivity index (χ4v) is 5.88.